The van der Waals surface area contributed by atoms with Crippen LogP contribution in [0.2, 0.25) is 0 Å². The highest BCUT2D eigenvalue weighted by atomic mass is 16.1. The standard InChI is InChI=1S/C17H21N3O/c21-16(7-6-13-8-10-18-11-13)20-12-15-4-1-3-14-5-2-9-19-17(14)15/h1-5,9,13,18H,6-8,10-12H2,(H,20,21). The fourth-order valence-electron chi connectivity index (χ4n) is 2.89. The van der Waals surface area contributed by atoms with Crippen LogP contribution in [0.5, 0.6) is 0 Å². The largest absolute Gasteiger partial charge is 0.352 e. The number of rotatable bonds is 5. The molecule has 1 unspecified atom stereocenters. The molecule has 1 atom stereocenters. The van der Waals surface area contributed by atoms with E-state index < -0.39 is 0 Å². The molecule has 4 nitrogen and oxygen atoms in total. The van der Waals surface area contributed by atoms with E-state index in [4.69, 9.17) is 0 Å². The van der Waals surface area contributed by atoms with Crippen molar-refractivity contribution in [3.8, 4) is 0 Å². The summed E-state index contributed by atoms with van der Waals surface area (Å²) < 4.78 is 0. The molecule has 0 radical (unpaired) electrons. The first kappa shape index (κ1) is 14.0. The quantitative estimate of drug-likeness (QED) is 0.885. The lowest BCUT2D eigenvalue weighted by atomic mass is 10.0. The summed E-state index contributed by atoms with van der Waals surface area (Å²) >= 11 is 0. The number of para-hydroxylation sites is 1. The summed E-state index contributed by atoms with van der Waals surface area (Å²) in [6.07, 6.45) is 4.58. The lowest BCUT2D eigenvalue weighted by Crippen LogP contribution is -2.23. The van der Waals surface area contributed by atoms with E-state index in [1.165, 1.54) is 6.42 Å². The van der Waals surface area contributed by atoms with Gasteiger partial charge < -0.3 is 10.6 Å². The molecule has 2 aromatic rings. The molecule has 3 rings (SSSR count). The van der Waals surface area contributed by atoms with Gasteiger partial charge in [0.2, 0.25) is 5.91 Å². The molecule has 1 aliphatic heterocycles. The Kier molecular flexibility index (Phi) is 4.46. The van der Waals surface area contributed by atoms with E-state index in [0.717, 1.165) is 36.0 Å². The van der Waals surface area contributed by atoms with E-state index in [2.05, 4.69) is 15.6 Å². The number of fused-ring (bicyclic) bond motifs is 1. The molecule has 2 N–H and O–H groups in total. The Bertz CT molecular complexity index is 615. The predicted molar refractivity (Wildman–Crippen MR) is 83.8 cm³/mol. The topological polar surface area (TPSA) is 54.0 Å². The number of carbonyl (C=O) groups is 1. The van der Waals surface area contributed by atoms with E-state index in [0.29, 0.717) is 18.9 Å². The van der Waals surface area contributed by atoms with Crippen LogP contribution in [-0.2, 0) is 11.3 Å². The maximum atomic E-state index is 12.0. The van der Waals surface area contributed by atoms with Crippen LogP contribution < -0.4 is 10.6 Å². The molecule has 110 valence electrons. The minimum Gasteiger partial charge on any atom is -0.352 e. The zero-order chi connectivity index (χ0) is 14.5. The first-order valence-electron chi connectivity index (χ1n) is 7.63. The Hall–Kier alpha value is -1.94. The molecule has 1 aromatic heterocycles. The van der Waals surface area contributed by atoms with Gasteiger partial charge in [-0.3, -0.25) is 9.78 Å². The van der Waals surface area contributed by atoms with Gasteiger partial charge in [-0.25, -0.2) is 0 Å². The number of nitrogens with one attached hydrogen (secondary N) is 2. The second-order valence-corrected chi connectivity index (χ2v) is 5.67. The van der Waals surface area contributed by atoms with Crippen molar-refractivity contribution < 1.29 is 4.79 Å². The summed E-state index contributed by atoms with van der Waals surface area (Å²) in [7, 11) is 0. The molecule has 1 amide bonds. The fourth-order valence-corrected chi connectivity index (χ4v) is 2.89. The number of hydrogen-bond donors (Lipinski definition) is 2. The molecule has 1 aliphatic rings. The zero-order valence-corrected chi connectivity index (χ0v) is 12.1. The number of aromatic nitrogens is 1. The Morgan fingerprint density at radius 2 is 2.24 bits per heavy atom. The molecule has 0 saturated carbocycles. The van der Waals surface area contributed by atoms with Crippen LogP contribution in [0, 0.1) is 5.92 Å². The Labute approximate surface area is 125 Å². The monoisotopic (exact) mass is 283 g/mol. The van der Waals surface area contributed by atoms with E-state index in [1.54, 1.807) is 6.20 Å². The SMILES string of the molecule is O=C(CCC1CCNC1)NCc1cccc2cccnc12. The first-order valence-corrected chi connectivity index (χ1v) is 7.63. The van der Waals surface area contributed by atoms with Gasteiger partial charge in [0.05, 0.1) is 5.52 Å². The third-order valence-electron chi connectivity index (χ3n) is 4.13. The lowest BCUT2D eigenvalue weighted by molar-refractivity contribution is -0.121. The third-order valence-corrected chi connectivity index (χ3v) is 4.13. The van der Waals surface area contributed by atoms with Crippen LogP contribution in [0.4, 0.5) is 0 Å². The summed E-state index contributed by atoms with van der Waals surface area (Å²) in [5, 5.41) is 7.46. The van der Waals surface area contributed by atoms with Gasteiger partial charge >= 0.3 is 0 Å². The van der Waals surface area contributed by atoms with Gasteiger partial charge in [0.25, 0.3) is 0 Å². The van der Waals surface area contributed by atoms with E-state index in [1.807, 2.05) is 30.3 Å². The van der Waals surface area contributed by atoms with E-state index >= 15 is 0 Å². The number of pyridine rings is 1. The van der Waals surface area contributed by atoms with Crippen LogP contribution in [-0.4, -0.2) is 24.0 Å². The van der Waals surface area contributed by atoms with Crippen LogP contribution >= 0.6 is 0 Å². The molecular formula is C17H21N3O. The summed E-state index contributed by atoms with van der Waals surface area (Å²) in [6, 6.07) is 10.0. The predicted octanol–water partition coefficient (Wildman–Crippen LogP) is 2.24. The maximum Gasteiger partial charge on any atom is 0.220 e. The van der Waals surface area contributed by atoms with Crippen molar-refractivity contribution in [2.45, 2.75) is 25.8 Å². The highest BCUT2D eigenvalue weighted by Gasteiger charge is 2.15. The van der Waals surface area contributed by atoms with Gasteiger partial charge in [-0.1, -0.05) is 24.3 Å². The van der Waals surface area contributed by atoms with Crippen molar-refractivity contribution >= 4 is 16.8 Å². The fraction of sp³-hybridized carbons (Fsp3) is 0.412. The summed E-state index contributed by atoms with van der Waals surface area (Å²) in [6.45, 7) is 2.70. The Morgan fingerprint density at radius 3 is 3.10 bits per heavy atom. The lowest BCUT2D eigenvalue weighted by Gasteiger charge is -2.10. The second-order valence-electron chi connectivity index (χ2n) is 5.67. The molecule has 1 aromatic carbocycles. The maximum absolute atomic E-state index is 12.0. The van der Waals surface area contributed by atoms with Crippen molar-refractivity contribution in [2.24, 2.45) is 5.92 Å². The number of carbonyl (C=O) groups excluding carboxylic acids is 1. The van der Waals surface area contributed by atoms with Crippen LogP contribution in [0.15, 0.2) is 36.5 Å². The average Bonchev–Trinajstić information content (AvgIpc) is 3.04. The second kappa shape index (κ2) is 6.68. The highest BCUT2D eigenvalue weighted by Crippen LogP contribution is 2.16. The number of benzene rings is 1. The van der Waals surface area contributed by atoms with Gasteiger partial charge in [0.1, 0.15) is 0 Å². The van der Waals surface area contributed by atoms with Crippen molar-refractivity contribution in [1.29, 1.82) is 0 Å². The minimum absolute atomic E-state index is 0.134. The minimum atomic E-state index is 0.134. The molecule has 2 heterocycles. The summed E-state index contributed by atoms with van der Waals surface area (Å²) in [4.78, 5) is 16.4. The zero-order valence-electron chi connectivity index (χ0n) is 12.1. The van der Waals surface area contributed by atoms with Crippen molar-refractivity contribution in [2.75, 3.05) is 13.1 Å². The molecule has 0 aliphatic carbocycles. The molecule has 4 heteroatoms. The summed E-state index contributed by atoms with van der Waals surface area (Å²) in [5.41, 5.74) is 2.05. The Morgan fingerprint density at radius 1 is 1.33 bits per heavy atom. The van der Waals surface area contributed by atoms with Crippen molar-refractivity contribution in [1.82, 2.24) is 15.6 Å². The van der Waals surface area contributed by atoms with Crippen LogP contribution in [0.1, 0.15) is 24.8 Å². The van der Waals surface area contributed by atoms with Gasteiger partial charge in [-0.2, -0.15) is 0 Å². The van der Waals surface area contributed by atoms with E-state index in [-0.39, 0.29) is 5.91 Å². The summed E-state index contributed by atoms with van der Waals surface area (Å²) in [5.74, 6) is 0.796. The average molecular weight is 283 g/mol. The Balaban J connectivity index is 1.54. The molecule has 1 fully saturated rings. The smallest absolute Gasteiger partial charge is 0.220 e. The molecular weight excluding hydrogens is 262 g/mol. The van der Waals surface area contributed by atoms with Crippen molar-refractivity contribution in [3.63, 3.8) is 0 Å². The van der Waals surface area contributed by atoms with E-state index in [9.17, 15) is 4.79 Å². The molecule has 21 heavy (non-hydrogen) atoms. The normalized spacial score (nSPS) is 18.0. The van der Waals surface area contributed by atoms with Crippen molar-refractivity contribution in [3.05, 3.63) is 42.1 Å². The third kappa shape index (κ3) is 3.58. The number of hydrogen-bond acceptors (Lipinski definition) is 3. The van der Waals surface area contributed by atoms with Gasteiger partial charge in [0, 0.05) is 24.5 Å². The van der Waals surface area contributed by atoms with Crippen LogP contribution in [0.25, 0.3) is 10.9 Å². The molecule has 0 bridgehead atoms. The number of nitrogens with zero attached hydrogens (tertiary/aromatic N) is 1. The first-order chi connectivity index (χ1) is 10.3. The highest BCUT2D eigenvalue weighted by molar-refractivity contribution is 5.82. The van der Waals surface area contributed by atoms with Gasteiger partial charge in [0.15, 0.2) is 0 Å². The number of amides is 1. The van der Waals surface area contributed by atoms with Gasteiger partial charge in [-0.05, 0) is 43.5 Å². The van der Waals surface area contributed by atoms with Gasteiger partial charge in [-0.15, -0.1) is 0 Å². The molecule has 1 saturated heterocycles. The van der Waals surface area contributed by atoms with Crippen LogP contribution in [0.3, 0.4) is 0 Å². The molecule has 0 spiro atoms.